The van der Waals surface area contributed by atoms with Crippen molar-refractivity contribution in [3.05, 3.63) is 18.0 Å². The fourth-order valence-electron chi connectivity index (χ4n) is 4.00. The highest BCUT2D eigenvalue weighted by atomic mass is 16.5. The van der Waals surface area contributed by atoms with Crippen molar-refractivity contribution in [2.75, 3.05) is 47.0 Å². The predicted octanol–water partition coefficient (Wildman–Crippen LogP) is 0.588. The first-order valence-electron chi connectivity index (χ1n) is 8.17. The minimum Gasteiger partial charge on any atom is -0.383 e. The Kier molecular flexibility index (Phi) is 5.13. The summed E-state index contributed by atoms with van der Waals surface area (Å²) in [5.74, 6) is 0.604. The third-order valence-corrected chi connectivity index (χ3v) is 5.11. The summed E-state index contributed by atoms with van der Waals surface area (Å²) in [7, 11) is 5.61. The second-order valence-corrected chi connectivity index (χ2v) is 6.54. The summed E-state index contributed by atoms with van der Waals surface area (Å²) in [5.41, 5.74) is 1.30. The van der Waals surface area contributed by atoms with E-state index >= 15 is 0 Å². The van der Waals surface area contributed by atoms with Crippen LogP contribution in [0.4, 0.5) is 0 Å². The molecular formula is C16H28N4O2. The molecule has 0 spiro atoms. The lowest BCUT2D eigenvalue weighted by molar-refractivity contribution is -0.0245. The maximum absolute atomic E-state index is 5.76. The van der Waals surface area contributed by atoms with Crippen LogP contribution in [-0.2, 0) is 23.1 Å². The smallest absolute Gasteiger partial charge is 0.0639 e. The SMILES string of the molecule is COCCN1C[C@H]2[C@@H](C1)N(Cc1cnn(C)c1)CC[C@H]2OC. The Morgan fingerprint density at radius 3 is 2.86 bits per heavy atom. The van der Waals surface area contributed by atoms with Crippen LogP contribution >= 0.6 is 0 Å². The lowest BCUT2D eigenvalue weighted by atomic mass is 9.89. The molecule has 0 saturated carbocycles. The minimum absolute atomic E-state index is 0.391. The Labute approximate surface area is 133 Å². The van der Waals surface area contributed by atoms with E-state index in [-0.39, 0.29) is 0 Å². The van der Waals surface area contributed by atoms with Crippen LogP contribution in [0, 0.1) is 5.92 Å². The average Bonchev–Trinajstić information content (AvgIpc) is 3.12. The molecule has 0 aromatic carbocycles. The summed E-state index contributed by atoms with van der Waals surface area (Å²) in [4.78, 5) is 5.14. The maximum atomic E-state index is 5.76. The molecule has 0 unspecified atom stereocenters. The monoisotopic (exact) mass is 308 g/mol. The van der Waals surface area contributed by atoms with Crippen LogP contribution in [0.5, 0.6) is 0 Å². The highest BCUT2D eigenvalue weighted by Gasteiger charge is 2.44. The highest BCUT2D eigenvalue weighted by Crippen LogP contribution is 2.33. The van der Waals surface area contributed by atoms with Crippen molar-refractivity contribution in [2.24, 2.45) is 13.0 Å². The number of ether oxygens (including phenoxy) is 2. The number of piperidine rings is 1. The van der Waals surface area contributed by atoms with Crippen LogP contribution < -0.4 is 0 Å². The van der Waals surface area contributed by atoms with Crippen molar-refractivity contribution in [3.63, 3.8) is 0 Å². The average molecular weight is 308 g/mol. The summed E-state index contributed by atoms with van der Waals surface area (Å²) < 4.78 is 12.9. The number of methoxy groups -OCH3 is 2. The second-order valence-electron chi connectivity index (χ2n) is 6.54. The Morgan fingerprint density at radius 2 is 2.18 bits per heavy atom. The van der Waals surface area contributed by atoms with Gasteiger partial charge in [0.2, 0.25) is 0 Å². The van der Waals surface area contributed by atoms with Gasteiger partial charge in [-0.3, -0.25) is 14.5 Å². The Balaban J connectivity index is 1.67. The molecule has 0 bridgehead atoms. The van der Waals surface area contributed by atoms with Gasteiger partial charge in [0.15, 0.2) is 0 Å². The van der Waals surface area contributed by atoms with Crippen molar-refractivity contribution >= 4 is 0 Å². The number of hydrogen-bond acceptors (Lipinski definition) is 5. The first-order valence-corrected chi connectivity index (χ1v) is 8.17. The molecule has 22 heavy (non-hydrogen) atoms. The largest absolute Gasteiger partial charge is 0.383 e. The van der Waals surface area contributed by atoms with Crippen molar-refractivity contribution in [1.82, 2.24) is 19.6 Å². The van der Waals surface area contributed by atoms with Gasteiger partial charge in [0.05, 0.1) is 18.9 Å². The topological polar surface area (TPSA) is 42.8 Å². The van der Waals surface area contributed by atoms with Crippen molar-refractivity contribution in [2.45, 2.75) is 25.1 Å². The molecule has 0 amide bonds. The molecule has 3 rings (SSSR count). The van der Waals surface area contributed by atoms with Gasteiger partial charge in [-0.25, -0.2) is 0 Å². The van der Waals surface area contributed by atoms with E-state index in [0.29, 0.717) is 18.1 Å². The van der Waals surface area contributed by atoms with E-state index in [4.69, 9.17) is 9.47 Å². The normalized spacial score (nSPS) is 29.9. The molecule has 0 radical (unpaired) electrons. The molecule has 0 N–H and O–H groups in total. The van der Waals surface area contributed by atoms with Gasteiger partial charge in [0.1, 0.15) is 0 Å². The number of fused-ring (bicyclic) bond motifs is 1. The van der Waals surface area contributed by atoms with E-state index in [1.54, 1.807) is 7.11 Å². The first kappa shape index (κ1) is 15.9. The number of aromatic nitrogens is 2. The molecule has 1 aromatic rings. The van der Waals surface area contributed by atoms with Gasteiger partial charge in [-0.05, 0) is 6.42 Å². The van der Waals surface area contributed by atoms with Crippen molar-refractivity contribution in [1.29, 1.82) is 0 Å². The summed E-state index contributed by atoms with van der Waals surface area (Å²) >= 11 is 0. The van der Waals surface area contributed by atoms with Gasteiger partial charge in [-0.2, -0.15) is 5.10 Å². The second kappa shape index (κ2) is 7.08. The van der Waals surface area contributed by atoms with Gasteiger partial charge in [0.25, 0.3) is 0 Å². The number of nitrogens with zero attached hydrogens (tertiary/aromatic N) is 4. The zero-order chi connectivity index (χ0) is 15.5. The highest BCUT2D eigenvalue weighted by molar-refractivity contribution is 5.06. The number of rotatable bonds is 6. The molecule has 2 aliphatic heterocycles. The van der Waals surface area contributed by atoms with E-state index in [1.807, 2.05) is 25.0 Å². The number of likely N-dealkylation sites (tertiary alicyclic amines) is 2. The molecule has 2 saturated heterocycles. The summed E-state index contributed by atoms with van der Waals surface area (Å²) in [6.07, 6.45) is 5.61. The van der Waals surface area contributed by atoms with E-state index < -0.39 is 0 Å². The van der Waals surface area contributed by atoms with Gasteiger partial charge in [-0.1, -0.05) is 0 Å². The fraction of sp³-hybridized carbons (Fsp3) is 0.812. The van der Waals surface area contributed by atoms with Gasteiger partial charge >= 0.3 is 0 Å². The minimum atomic E-state index is 0.391. The Hall–Kier alpha value is -0.950. The molecule has 3 atom stereocenters. The van der Waals surface area contributed by atoms with Crippen LogP contribution in [0.1, 0.15) is 12.0 Å². The molecule has 2 aliphatic rings. The molecule has 124 valence electrons. The van der Waals surface area contributed by atoms with Crippen molar-refractivity contribution < 1.29 is 9.47 Å². The predicted molar refractivity (Wildman–Crippen MR) is 84.6 cm³/mol. The quantitative estimate of drug-likeness (QED) is 0.769. The van der Waals surface area contributed by atoms with Crippen molar-refractivity contribution in [3.8, 4) is 0 Å². The number of hydrogen-bond donors (Lipinski definition) is 0. The molecule has 6 nitrogen and oxygen atoms in total. The van der Waals surface area contributed by atoms with E-state index in [2.05, 4.69) is 21.1 Å². The molecule has 2 fully saturated rings. The molecule has 3 heterocycles. The lowest BCUT2D eigenvalue weighted by Gasteiger charge is -2.41. The van der Waals surface area contributed by atoms with Crippen LogP contribution in [-0.4, -0.2) is 78.7 Å². The van der Waals surface area contributed by atoms with Crippen LogP contribution in [0.3, 0.4) is 0 Å². The summed E-state index contributed by atoms with van der Waals surface area (Å²) in [5, 5.41) is 4.29. The van der Waals surface area contributed by atoms with Gasteiger partial charge < -0.3 is 9.47 Å². The standard InChI is InChI=1S/C16H28N4O2/c1-18-9-13(8-17-18)10-20-5-4-16(22-3)14-11-19(6-7-21-2)12-15(14)20/h8-9,14-16H,4-7,10-12H2,1-3H3/t14-,15+,16+/m0/s1. The summed E-state index contributed by atoms with van der Waals surface area (Å²) in [6, 6.07) is 0.579. The van der Waals surface area contributed by atoms with Crippen LogP contribution in [0.25, 0.3) is 0 Å². The Morgan fingerprint density at radius 1 is 1.32 bits per heavy atom. The van der Waals surface area contributed by atoms with Crippen LogP contribution in [0.2, 0.25) is 0 Å². The molecule has 0 aliphatic carbocycles. The molecule has 6 heteroatoms. The van der Waals surface area contributed by atoms with E-state index in [0.717, 1.165) is 45.8 Å². The number of aryl methyl sites for hydroxylation is 1. The zero-order valence-corrected chi connectivity index (χ0v) is 13.9. The van der Waals surface area contributed by atoms with Gasteiger partial charge in [0, 0.05) is 77.7 Å². The fourth-order valence-corrected chi connectivity index (χ4v) is 4.00. The third kappa shape index (κ3) is 3.35. The Bertz CT molecular complexity index is 478. The molecule has 1 aromatic heterocycles. The van der Waals surface area contributed by atoms with E-state index in [1.165, 1.54) is 5.56 Å². The lowest BCUT2D eigenvalue weighted by Crippen LogP contribution is -2.50. The third-order valence-electron chi connectivity index (χ3n) is 5.11. The molecular weight excluding hydrogens is 280 g/mol. The van der Waals surface area contributed by atoms with E-state index in [9.17, 15) is 0 Å². The maximum Gasteiger partial charge on any atom is 0.0639 e. The zero-order valence-electron chi connectivity index (χ0n) is 13.9. The van der Waals surface area contributed by atoms with Gasteiger partial charge in [-0.15, -0.1) is 0 Å². The van der Waals surface area contributed by atoms with Crippen LogP contribution in [0.15, 0.2) is 12.4 Å². The summed E-state index contributed by atoms with van der Waals surface area (Å²) in [6.45, 7) is 6.15. The first-order chi connectivity index (χ1) is 10.7.